The molecule has 0 bridgehead atoms. The average molecular weight is 374 g/mol. The maximum absolute atomic E-state index is 11.4. The van der Waals surface area contributed by atoms with Gasteiger partial charge in [-0.05, 0) is 26.7 Å². The second kappa shape index (κ2) is 16.2. The molecular weight excluding hydrogens is 344 g/mol. The summed E-state index contributed by atoms with van der Waals surface area (Å²) in [4.78, 5) is 33.7. The summed E-state index contributed by atoms with van der Waals surface area (Å²) in [7, 11) is 0. The normalized spacial score (nSPS) is 9.81. The molecule has 0 aromatic heterocycles. The van der Waals surface area contributed by atoms with Crippen molar-refractivity contribution in [3.05, 3.63) is 11.6 Å². The number of hydrogen-bond acceptors (Lipinski definition) is 7. The molecule has 2 amide bonds. The fraction of sp³-hybridized carbons (Fsp3) is 0.706. The molecule has 0 aliphatic heterocycles. The van der Waals surface area contributed by atoms with Gasteiger partial charge in [0, 0.05) is 19.2 Å². The molecule has 0 aromatic carbocycles. The van der Waals surface area contributed by atoms with Gasteiger partial charge in [0.15, 0.2) is 0 Å². The van der Waals surface area contributed by atoms with Crippen molar-refractivity contribution in [1.82, 2.24) is 10.6 Å². The SMILES string of the molecule is CC(C)=CC(=O)OCCOC(=O)NCCCCCCNC(=O)OCCO. The van der Waals surface area contributed by atoms with Crippen LogP contribution in [0.3, 0.4) is 0 Å². The molecule has 0 radical (unpaired) electrons. The largest absolute Gasteiger partial charge is 0.459 e. The molecule has 150 valence electrons. The van der Waals surface area contributed by atoms with Crippen molar-refractivity contribution < 1.29 is 33.7 Å². The van der Waals surface area contributed by atoms with Crippen LogP contribution < -0.4 is 10.6 Å². The minimum absolute atomic E-state index is 0.00618. The van der Waals surface area contributed by atoms with E-state index < -0.39 is 18.2 Å². The predicted octanol–water partition coefficient (Wildman–Crippen LogP) is 1.50. The highest BCUT2D eigenvalue weighted by Crippen LogP contribution is 1.98. The van der Waals surface area contributed by atoms with Gasteiger partial charge in [-0.2, -0.15) is 0 Å². The molecule has 0 heterocycles. The van der Waals surface area contributed by atoms with Crippen molar-refractivity contribution in [2.75, 3.05) is 39.5 Å². The molecule has 0 spiro atoms. The number of esters is 1. The molecule has 26 heavy (non-hydrogen) atoms. The van der Waals surface area contributed by atoms with Crippen LogP contribution in [0.5, 0.6) is 0 Å². The minimum Gasteiger partial charge on any atom is -0.459 e. The van der Waals surface area contributed by atoms with Gasteiger partial charge in [-0.25, -0.2) is 14.4 Å². The van der Waals surface area contributed by atoms with Crippen LogP contribution in [0, 0.1) is 0 Å². The molecule has 3 N–H and O–H groups in total. The van der Waals surface area contributed by atoms with Crippen LogP contribution in [0.15, 0.2) is 11.6 Å². The summed E-state index contributed by atoms with van der Waals surface area (Å²) in [6.45, 7) is 4.39. The van der Waals surface area contributed by atoms with E-state index in [0.29, 0.717) is 13.1 Å². The van der Waals surface area contributed by atoms with E-state index in [0.717, 1.165) is 31.3 Å². The van der Waals surface area contributed by atoms with Crippen LogP contribution in [0.1, 0.15) is 39.5 Å². The van der Waals surface area contributed by atoms with E-state index in [1.165, 1.54) is 6.08 Å². The number of aliphatic hydroxyl groups is 1. The summed E-state index contributed by atoms with van der Waals surface area (Å²) in [6.07, 6.45) is 3.68. The third-order valence-corrected chi connectivity index (χ3v) is 2.93. The highest BCUT2D eigenvalue weighted by atomic mass is 16.6. The first-order chi connectivity index (χ1) is 12.5. The number of rotatable bonds is 13. The zero-order valence-corrected chi connectivity index (χ0v) is 15.5. The zero-order valence-electron chi connectivity index (χ0n) is 15.5. The van der Waals surface area contributed by atoms with E-state index in [9.17, 15) is 14.4 Å². The number of carbonyl (C=O) groups excluding carboxylic acids is 3. The lowest BCUT2D eigenvalue weighted by atomic mass is 10.2. The summed E-state index contributed by atoms with van der Waals surface area (Å²) in [5, 5.41) is 13.7. The number of alkyl carbamates (subject to hydrolysis) is 2. The van der Waals surface area contributed by atoms with Gasteiger partial charge in [-0.1, -0.05) is 18.4 Å². The second-order valence-electron chi connectivity index (χ2n) is 5.65. The Labute approximate surface area is 154 Å². The van der Waals surface area contributed by atoms with Crippen LogP contribution in [-0.4, -0.2) is 62.8 Å². The van der Waals surface area contributed by atoms with Crippen molar-refractivity contribution in [2.45, 2.75) is 39.5 Å². The number of carbonyl (C=O) groups is 3. The quantitative estimate of drug-likeness (QED) is 0.193. The average Bonchev–Trinajstić information content (AvgIpc) is 2.58. The molecule has 0 aromatic rings. The first-order valence-electron chi connectivity index (χ1n) is 8.69. The molecule has 0 aliphatic carbocycles. The number of hydrogen-bond donors (Lipinski definition) is 3. The van der Waals surface area contributed by atoms with Crippen LogP contribution in [-0.2, 0) is 19.0 Å². The molecule has 0 saturated heterocycles. The molecule has 9 nitrogen and oxygen atoms in total. The summed E-state index contributed by atoms with van der Waals surface area (Å²) in [5.41, 5.74) is 0.839. The molecule has 0 aliphatic rings. The number of amides is 2. The van der Waals surface area contributed by atoms with E-state index in [4.69, 9.17) is 14.6 Å². The van der Waals surface area contributed by atoms with Gasteiger partial charge < -0.3 is 30.0 Å². The molecule has 9 heteroatoms. The smallest absolute Gasteiger partial charge is 0.407 e. The van der Waals surface area contributed by atoms with Crippen LogP contribution >= 0.6 is 0 Å². The van der Waals surface area contributed by atoms with Gasteiger partial charge in [0.1, 0.15) is 19.8 Å². The highest BCUT2D eigenvalue weighted by molar-refractivity contribution is 5.82. The summed E-state index contributed by atoms with van der Waals surface area (Å²) >= 11 is 0. The van der Waals surface area contributed by atoms with Crippen molar-refractivity contribution in [3.8, 4) is 0 Å². The number of unbranched alkanes of at least 4 members (excludes halogenated alkanes) is 3. The lowest BCUT2D eigenvalue weighted by molar-refractivity contribution is -0.138. The van der Waals surface area contributed by atoms with Gasteiger partial charge in [0.25, 0.3) is 0 Å². The van der Waals surface area contributed by atoms with Crippen molar-refractivity contribution >= 4 is 18.2 Å². The lowest BCUT2D eigenvalue weighted by Crippen LogP contribution is -2.27. The Morgan fingerprint density at radius 3 is 1.81 bits per heavy atom. The van der Waals surface area contributed by atoms with E-state index >= 15 is 0 Å². The Balaban J connectivity index is 3.40. The first-order valence-corrected chi connectivity index (χ1v) is 8.69. The topological polar surface area (TPSA) is 123 Å². The molecule has 0 unspecified atom stereocenters. The summed E-state index contributed by atoms with van der Waals surface area (Å²) in [6, 6.07) is 0. The van der Waals surface area contributed by atoms with Gasteiger partial charge in [-0.15, -0.1) is 0 Å². The number of allylic oxidation sites excluding steroid dienone is 1. The van der Waals surface area contributed by atoms with Crippen LogP contribution in [0.2, 0.25) is 0 Å². The Bertz CT molecular complexity index is 448. The zero-order chi connectivity index (χ0) is 19.6. The number of nitrogens with one attached hydrogen (secondary N) is 2. The van der Waals surface area contributed by atoms with Gasteiger partial charge in [-0.3, -0.25) is 0 Å². The third-order valence-electron chi connectivity index (χ3n) is 2.93. The van der Waals surface area contributed by atoms with Crippen LogP contribution in [0.4, 0.5) is 9.59 Å². The van der Waals surface area contributed by atoms with E-state index in [-0.39, 0.29) is 26.4 Å². The van der Waals surface area contributed by atoms with E-state index in [1.54, 1.807) is 13.8 Å². The van der Waals surface area contributed by atoms with Gasteiger partial charge in [0.05, 0.1) is 6.61 Å². The summed E-state index contributed by atoms with van der Waals surface area (Å²) in [5.74, 6) is -0.454. The Kier molecular flexibility index (Phi) is 14.8. The Morgan fingerprint density at radius 1 is 0.808 bits per heavy atom. The van der Waals surface area contributed by atoms with Crippen molar-refractivity contribution in [2.24, 2.45) is 0 Å². The van der Waals surface area contributed by atoms with Crippen molar-refractivity contribution in [3.63, 3.8) is 0 Å². The number of aliphatic hydroxyl groups excluding tert-OH is 1. The fourth-order valence-electron chi connectivity index (χ4n) is 1.78. The monoisotopic (exact) mass is 374 g/mol. The molecular formula is C17H30N2O7. The molecule has 0 saturated carbocycles. The Hall–Kier alpha value is -2.29. The fourth-order valence-corrected chi connectivity index (χ4v) is 1.78. The highest BCUT2D eigenvalue weighted by Gasteiger charge is 2.03. The first kappa shape index (κ1) is 23.7. The van der Waals surface area contributed by atoms with Crippen LogP contribution in [0.25, 0.3) is 0 Å². The van der Waals surface area contributed by atoms with E-state index in [1.807, 2.05) is 0 Å². The lowest BCUT2D eigenvalue weighted by Gasteiger charge is -2.08. The molecule has 0 rings (SSSR count). The minimum atomic E-state index is -0.545. The van der Waals surface area contributed by atoms with Gasteiger partial charge in [0.2, 0.25) is 0 Å². The van der Waals surface area contributed by atoms with Crippen molar-refractivity contribution in [1.29, 1.82) is 0 Å². The second-order valence-corrected chi connectivity index (χ2v) is 5.65. The standard InChI is InChI=1S/C17H30N2O7/c1-14(2)13-15(21)24-11-12-26-17(23)19-8-6-4-3-5-7-18-16(22)25-10-9-20/h13,20H,3-12H2,1-2H3,(H,18,22)(H,19,23). The third kappa shape index (κ3) is 16.6. The maximum Gasteiger partial charge on any atom is 0.407 e. The van der Waals surface area contributed by atoms with Gasteiger partial charge >= 0.3 is 18.2 Å². The molecule has 0 atom stereocenters. The maximum atomic E-state index is 11.4. The number of ether oxygens (including phenoxy) is 3. The Morgan fingerprint density at radius 2 is 1.31 bits per heavy atom. The molecule has 0 fully saturated rings. The predicted molar refractivity (Wildman–Crippen MR) is 94.6 cm³/mol. The van der Waals surface area contributed by atoms with E-state index in [2.05, 4.69) is 15.4 Å². The summed E-state index contributed by atoms with van der Waals surface area (Å²) < 4.78 is 14.4.